The molecule has 4 rings (SSSR count). The molecule has 2 aromatic rings. The number of hydrogen-bond donors (Lipinski definition) is 0. The molecule has 0 atom stereocenters. The van der Waals surface area contributed by atoms with E-state index in [1.807, 2.05) is 18.2 Å². The van der Waals surface area contributed by atoms with Crippen LogP contribution in [0.5, 0.6) is 0 Å². The molecule has 2 aliphatic heterocycles. The molecule has 0 spiro atoms. The van der Waals surface area contributed by atoms with Crippen molar-refractivity contribution in [2.75, 3.05) is 44.3 Å². The summed E-state index contributed by atoms with van der Waals surface area (Å²) in [6, 6.07) is 7.84. The lowest BCUT2D eigenvalue weighted by Crippen LogP contribution is -2.38. The zero-order chi connectivity index (χ0) is 15.6. The van der Waals surface area contributed by atoms with Crippen molar-refractivity contribution < 1.29 is 9.15 Å². The molecule has 1 aromatic heterocycles. The normalized spacial score (nSPS) is 19.6. The van der Waals surface area contributed by atoms with Crippen molar-refractivity contribution >= 4 is 16.7 Å². The van der Waals surface area contributed by atoms with E-state index in [2.05, 4.69) is 15.9 Å². The van der Waals surface area contributed by atoms with E-state index in [1.165, 1.54) is 12.8 Å². The largest absolute Gasteiger partial charge is 0.422 e. The standard InChI is InChI=1S/C18H22N2O3/c21-18-15(13-19-7-3-4-8-19)17(20-9-11-22-12-10-20)14-5-1-2-6-16(14)23-18/h1-2,5-6H,3-4,7-13H2. The van der Waals surface area contributed by atoms with Crippen molar-refractivity contribution in [3.05, 3.63) is 40.2 Å². The summed E-state index contributed by atoms with van der Waals surface area (Å²) < 4.78 is 11.1. The molecule has 0 bridgehead atoms. The van der Waals surface area contributed by atoms with E-state index in [0.29, 0.717) is 25.3 Å². The number of likely N-dealkylation sites (tertiary alicyclic amines) is 1. The minimum absolute atomic E-state index is 0.197. The van der Waals surface area contributed by atoms with Crippen LogP contribution < -0.4 is 10.5 Å². The van der Waals surface area contributed by atoms with Crippen LogP contribution in [0.3, 0.4) is 0 Å². The summed E-state index contributed by atoms with van der Waals surface area (Å²) in [5.74, 6) is 0. The van der Waals surface area contributed by atoms with Gasteiger partial charge in [-0.05, 0) is 38.1 Å². The van der Waals surface area contributed by atoms with Gasteiger partial charge in [0.1, 0.15) is 5.58 Å². The second-order valence-corrected chi connectivity index (χ2v) is 6.30. The molecule has 0 unspecified atom stereocenters. The van der Waals surface area contributed by atoms with Crippen LogP contribution in [0.2, 0.25) is 0 Å². The summed E-state index contributed by atoms with van der Waals surface area (Å²) in [6.45, 7) is 5.86. The van der Waals surface area contributed by atoms with Gasteiger partial charge in [0, 0.05) is 25.0 Å². The Bertz CT molecular complexity index is 744. The number of benzene rings is 1. The highest BCUT2D eigenvalue weighted by molar-refractivity contribution is 5.92. The maximum Gasteiger partial charge on any atom is 0.342 e. The minimum atomic E-state index is -0.197. The highest BCUT2D eigenvalue weighted by Crippen LogP contribution is 2.30. The second-order valence-electron chi connectivity index (χ2n) is 6.30. The number of anilines is 1. The third-order valence-electron chi connectivity index (χ3n) is 4.78. The zero-order valence-electron chi connectivity index (χ0n) is 13.3. The Morgan fingerprint density at radius 1 is 1.00 bits per heavy atom. The highest BCUT2D eigenvalue weighted by atomic mass is 16.5. The SMILES string of the molecule is O=c1oc2ccccc2c(N2CCOCC2)c1CN1CCCC1. The van der Waals surface area contributed by atoms with Gasteiger partial charge in [-0.1, -0.05) is 12.1 Å². The fraction of sp³-hybridized carbons (Fsp3) is 0.500. The first-order valence-corrected chi connectivity index (χ1v) is 8.43. The van der Waals surface area contributed by atoms with Crippen molar-refractivity contribution in [3.8, 4) is 0 Å². The number of ether oxygens (including phenoxy) is 1. The number of para-hydroxylation sites is 1. The lowest BCUT2D eigenvalue weighted by molar-refractivity contribution is 0.122. The number of rotatable bonds is 3. The molecule has 5 nitrogen and oxygen atoms in total. The van der Waals surface area contributed by atoms with Crippen molar-refractivity contribution in [3.63, 3.8) is 0 Å². The Kier molecular flexibility index (Phi) is 4.06. The molecule has 0 saturated carbocycles. The maximum atomic E-state index is 12.6. The average molecular weight is 314 g/mol. The van der Waals surface area contributed by atoms with Crippen molar-refractivity contribution in [1.29, 1.82) is 0 Å². The maximum absolute atomic E-state index is 12.6. The van der Waals surface area contributed by atoms with Crippen LogP contribution in [-0.4, -0.2) is 44.3 Å². The minimum Gasteiger partial charge on any atom is -0.422 e. The summed E-state index contributed by atoms with van der Waals surface area (Å²) in [7, 11) is 0. The van der Waals surface area contributed by atoms with Gasteiger partial charge >= 0.3 is 5.63 Å². The Labute approximate surface area is 135 Å². The number of hydrogen-bond acceptors (Lipinski definition) is 5. The summed E-state index contributed by atoms with van der Waals surface area (Å²) in [5, 5.41) is 1.03. The van der Waals surface area contributed by atoms with Gasteiger partial charge in [0.05, 0.1) is 24.5 Å². The van der Waals surface area contributed by atoms with Gasteiger partial charge in [-0.3, -0.25) is 4.90 Å². The van der Waals surface area contributed by atoms with Crippen LogP contribution >= 0.6 is 0 Å². The molecule has 0 amide bonds. The molecule has 0 aliphatic carbocycles. The van der Waals surface area contributed by atoms with Gasteiger partial charge in [0.15, 0.2) is 0 Å². The molecule has 2 fully saturated rings. The molecule has 2 saturated heterocycles. The van der Waals surface area contributed by atoms with Gasteiger partial charge in [-0.15, -0.1) is 0 Å². The van der Waals surface area contributed by atoms with Crippen molar-refractivity contribution in [2.24, 2.45) is 0 Å². The summed E-state index contributed by atoms with van der Waals surface area (Å²) in [5.41, 5.74) is 2.32. The topological polar surface area (TPSA) is 45.9 Å². The van der Waals surface area contributed by atoms with Crippen LogP contribution in [0.1, 0.15) is 18.4 Å². The summed E-state index contributed by atoms with van der Waals surface area (Å²) in [4.78, 5) is 17.3. The molecule has 23 heavy (non-hydrogen) atoms. The fourth-order valence-corrected chi connectivity index (χ4v) is 3.62. The van der Waals surface area contributed by atoms with Crippen LogP contribution in [0.25, 0.3) is 11.0 Å². The summed E-state index contributed by atoms with van der Waals surface area (Å²) in [6.07, 6.45) is 2.43. The van der Waals surface area contributed by atoms with E-state index in [9.17, 15) is 4.79 Å². The van der Waals surface area contributed by atoms with Crippen LogP contribution in [0, 0.1) is 0 Å². The molecule has 2 aliphatic rings. The van der Waals surface area contributed by atoms with Crippen molar-refractivity contribution in [2.45, 2.75) is 19.4 Å². The van der Waals surface area contributed by atoms with E-state index in [4.69, 9.17) is 9.15 Å². The predicted molar refractivity (Wildman–Crippen MR) is 90.0 cm³/mol. The quantitative estimate of drug-likeness (QED) is 0.813. The third kappa shape index (κ3) is 2.86. The molecule has 1 aromatic carbocycles. The van der Waals surface area contributed by atoms with Gasteiger partial charge in [0.25, 0.3) is 0 Å². The lowest BCUT2D eigenvalue weighted by atomic mass is 10.1. The zero-order valence-corrected chi connectivity index (χ0v) is 13.3. The lowest BCUT2D eigenvalue weighted by Gasteiger charge is -2.31. The number of morpholine rings is 1. The Hall–Kier alpha value is -1.85. The smallest absolute Gasteiger partial charge is 0.342 e. The van der Waals surface area contributed by atoms with E-state index in [1.54, 1.807) is 0 Å². The third-order valence-corrected chi connectivity index (χ3v) is 4.78. The van der Waals surface area contributed by atoms with Gasteiger partial charge < -0.3 is 14.1 Å². The number of fused-ring (bicyclic) bond motifs is 1. The molecular formula is C18H22N2O3. The predicted octanol–water partition coefficient (Wildman–Crippen LogP) is 2.23. The molecular weight excluding hydrogens is 292 g/mol. The second kappa shape index (κ2) is 6.34. The monoisotopic (exact) mass is 314 g/mol. The highest BCUT2D eigenvalue weighted by Gasteiger charge is 2.24. The van der Waals surface area contributed by atoms with E-state index in [-0.39, 0.29) is 5.63 Å². The van der Waals surface area contributed by atoms with Crippen molar-refractivity contribution in [1.82, 2.24) is 4.90 Å². The van der Waals surface area contributed by atoms with E-state index in [0.717, 1.165) is 42.8 Å². The first-order valence-electron chi connectivity index (χ1n) is 8.43. The van der Waals surface area contributed by atoms with E-state index >= 15 is 0 Å². The Balaban J connectivity index is 1.84. The van der Waals surface area contributed by atoms with E-state index < -0.39 is 0 Å². The number of nitrogens with zero attached hydrogens (tertiary/aromatic N) is 2. The molecule has 0 radical (unpaired) electrons. The Morgan fingerprint density at radius 3 is 2.52 bits per heavy atom. The van der Waals surface area contributed by atoms with Crippen LogP contribution in [0.15, 0.2) is 33.5 Å². The van der Waals surface area contributed by atoms with Crippen LogP contribution in [-0.2, 0) is 11.3 Å². The van der Waals surface area contributed by atoms with Gasteiger partial charge in [-0.2, -0.15) is 0 Å². The average Bonchev–Trinajstić information content (AvgIpc) is 3.09. The van der Waals surface area contributed by atoms with Gasteiger partial charge in [-0.25, -0.2) is 4.79 Å². The first kappa shape index (κ1) is 14.7. The fourth-order valence-electron chi connectivity index (χ4n) is 3.62. The van der Waals surface area contributed by atoms with Gasteiger partial charge in [0.2, 0.25) is 0 Å². The molecule has 122 valence electrons. The molecule has 5 heteroatoms. The van der Waals surface area contributed by atoms with Crippen LogP contribution in [0.4, 0.5) is 5.69 Å². The molecule has 0 N–H and O–H groups in total. The Morgan fingerprint density at radius 2 is 1.74 bits per heavy atom. The molecule has 3 heterocycles. The first-order chi connectivity index (χ1) is 11.3. The summed E-state index contributed by atoms with van der Waals surface area (Å²) >= 11 is 0.